The first-order chi connectivity index (χ1) is 3.75. The Morgan fingerprint density at radius 2 is 2.22 bits per heavy atom. The van der Waals surface area contributed by atoms with Crippen LogP contribution in [0.2, 0.25) is 0 Å². The number of nitrogens with two attached hydrogens (primary N) is 1. The van der Waals surface area contributed by atoms with E-state index < -0.39 is 0 Å². The van der Waals surface area contributed by atoms with Crippen LogP contribution in [-0.2, 0) is 0 Å². The van der Waals surface area contributed by atoms with Crippen molar-refractivity contribution >= 4 is 0 Å². The molecule has 0 bridgehead atoms. The average Bonchev–Trinajstić information content (AvgIpc) is 2.42. The fourth-order valence-corrected chi connectivity index (χ4v) is 0.901. The molecule has 0 heterocycles. The summed E-state index contributed by atoms with van der Waals surface area (Å²) in [6, 6.07) is 0. The van der Waals surface area contributed by atoms with E-state index in [-0.39, 0.29) is 6.15 Å². The SMILES string of the molecule is C=C[C@@H]1CC1C(=C)N.N. The highest BCUT2D eigenvalue weighted by Gasteiger charge is 2.35. The van der Waals surface area contributed by atoms with Gasteiger partial charge in [-0.2, -0.15) is 0 Å². The fourth-order valence-electron chi connectivity index (χ4n) is 0.901. The van der Waals surface area contributed by atoms with Crippen molar-refractivity contribution in [2.24, 2.45) is 17.6 Å². The quantitative estimate of drug-likeness (QED) is 0.550. The molecule has 1 aliphatic carbocycles. The van der Waals surface area contributed by atoms with Crippen LogP contribution < -0.4 is 11.9 Å². The molecular formula is C7H14N2. The van der Waals surface area contributed by atoms with E-state index in [0.717, 1.165) is 5.70 Å². The predicted molar refractivity (Wildman–Crippen MR) is 40.1 cm³/mol. The van der Waals surface area contributed by atoms with Crippen LogP contribution in [0.4, 0.5) is 0 Å². The summed E-state index contributed by atoms with van der Waals surface area (Å²) < 4.78 is 0. The zero-order valence-electron chi connectivity index (χ0n) is 5.64. The minimum atomic E-state index is 0. The highest BCUT2D eigenvalue weighted by Crippen LogP contribution is 2.42. The summed E-state index contributed by atoms with van der Waals surface area (Å²) in [7, 11) is 0. The molecule has 5 N–H and O–H groups in total. The molecule has 0 aromatic rings. The van der Waals surface area contributed by atoms with Crippen LogP contribution in [0.3, 0.4) is 0 Å². The summed E-state index contributed by atoms with van der Waals surface area (Å²) in [6.07, 6.45) is 3.11. The molecule has 52 valence electrons. The Morgan fingerprint density at radius 1 is 1.67 bits per heavy atom. The number of rotatable bonds is 2. The topological polar surface area (TPSA) is 61.0 Å². The highest BCUT2D eigenvalue weighted by atomic mass is 14.6. The molecule has 9 heavy (non-hydrogen) atoms. The second-order valence-electron chi connectivity index (χ2n) is 2.32. The zero-order chi connectivity index (χ0) is 6.15. The van der Waals surface area contributed by atoms with Crippen LogP contribution in [0.15, 0.2) is 24.9 Å². The second-order valence-corrected chi connectivity index (χ2v) is 2.32. The molecule has 0 spiro atoms. The van der Waals surface area contributed by atoms with E-state index in [1.165, 1.54) is 6.42 Å². The lowest BCUT2D eigenvalue weighted by atomic mass is 10.3. The maximum atomic E-state index is 5.42. The van der Waals surface area contributed by atoms with Crippen LogP contribution in [0.25, 0.3) is 0 Å². The first kappa shape index (κ1) is 8.24. The summed E-state index contributed by atoms with van der Waals surface area (Å²) in [4.78, 5) is 0. The van der Waals surface area contributed by atoms with E-state index in [4.69, 9.17) is 5.73 Å². The van der Waals surface area contributed by atoms with Gasteiger partial charge >= 0.3 is 0 Å². The third kappa shape index (κ3) is 1.57. The van der Waals surface area contributed by atoms with Crippen LogP contribution >= 0.6 is 0 Å². The first-order valence-corrected chi connectivity index (χ1v) is 2.82. The molecule has 1 aliphatic rings. The Hall–Kier alpha value is -0.760. The first-order valence-electron chi connectivity index (χ1n) is 2.82. The van der Waals surface area contributed by atoms with Crippen molar-refractivity contribution in [1.82, 2.24) is 6.15 Å². The minimum absolute atomic E-state index is 0. The molecule has 2 atom stereocenters. The van der Waals surface area contributed by atoms with Crippen molar-refractivity contribution in [2.45, 2.75) is 6.42 Å². The summed E-state index contributed by atoms with van der Waals surface area (Å²) in [5.74, 6) is 1.18. The zero-order valence-corrected chi connectivity index (χ0v) is 5.64. The number of hydrogen-bond acceptors (Lipinski definition) is 2. The van der Waals surface area contributed by atoms with Crippen molar-refractivity contribution in [1.29, 1.82) is 0 Å². The van der Waals surface area contributed by atoms with Gasteiger partial charge in [-0.15, -0.1) is 6.58 Å². The van der Waals surface area contributed by atoms with Gasteiger partial charge in [0.05, 0.1) is 0 Å². The maximum absolute atomic E-state index is 5.42. The van der Waals surface area contributed by atoms with E-state index in [9.17, 15) is 0 Å². The Balaban J connectivity index is 0.000000640. The molecule has 2 heteroatoms. The Labute approximate surface area is 56.0 Å². The van der Waals surface area contributed by atoms with Crippen molar-refractivity contribution in [3.63, 3.8) is 0 Å². The lowest BCUT2D eigenvalue weighted by Gasteiger charge is -1.89. The molecule has 1 fully saturated rings. The molecule has 1 saturated carbocycles. The summed E-state index contributed by atoms with van der Waals surface area (Å²) in [5, 5.41) is 0. The number of hydrogen-bond donors (Lipinski definition) is 2. The average molecular weight is 126 g/mol. The normalized spacial score (nSPS) is 30.2. The van der Waals surface area contributed by atoms with Gasteiger partial charge in [0.15, 0.2) is 0 Å². The van der Waals surface area contributed by atoms with Crippen LogP contribution in [0.5, 0.6) is 0 Å². The maximum Gasteiger partial charge on any atom is 0.00471 e. The van der Waals surface area contributed by atoms with Crippen molar-refractivity contribution in [2.75, 3.05) is 0 Å². The van der Waals surface area contributed by atoms with Crippen molar-refractivity contribution in [3.05, 3.63) is 24.9 Å². The molecule has 1 unspecified atom stereocenters. The lowest BCUT2D eigenvalue weighted by Crippen LogP contribution is -1.97. The van der Waals surface area contributed by atoms with Gasteiger partial charge in [-0.25, -0.2) is 0 Å². The second kappa shape index (κ2) is 2.69. The molecule has 0 radical (unpaired) electrons. The molecule has 0 amide bonds. The van der Waals surface area contributed by atoms with Gasteiger partial charge in [0.25, 0.3) is 0 Å². The van der Waals surface area contributed by atoms with Crippen molar-refractivity contribution in [3.8, 4) is 0 Å². The summed E-state index contributed by atoms with van der Waals surface area (Å²) in [6.45, 7) is 7.30. The summed E-state index contributed by atoms with van der Waals surface area (Å²) >= 11 is 0. The van der Waals surface area contributed by atoms with E-state index in [2.05, 4.69) is 13.2 Å². The smallest absolute Gasteiger partial charge is 0.00471 e. The third-order valence-electron chi connectivity index (χ3n) is 1.62. The van der Waals surface area contributed by atoms with E-state index in [1.54, 1.807) is 0 Å². The van der Waals surface area contributed by atoms with Gasteiger partial charge in [-0.3, -0.25) is 0 Å². The predicted octanol–water partition coefficient (Wildman–Crippen LogP) is 1.44. The fraction of sp³-hybridized carbons (Fsp3) is 0.429. The summed E-state index contributed by atoms with van der Waals surface area (Å²) in [5.41, 5.74) is 6.24. The lowest BCUT2D eigenvalue weighted by molar-refractivity contribution is 0.914. The van der Waals surface area contributed by atoms with Gasteiger partial charge in [0, 0.05) is 11.6 Å². The van der Waals surface area contributed by atoms with E-state index in [1.807, 2.05) is 6.08 Å². The molecule has 1 rings (SSSR count). The molecule has 0 aliphatic heterocycles. The molecule has 0 aromatic carbocycles. The Morgan fingerprint density at radius 3 is 2.33 bits per heavy atom. The van der Waals surface area contributed by atoms with Gasteiger partial charge < -0.3 is 11.9 Å². The standard InChI is InChI=1S/C7H11N.H3N/c1-3-6-4-7(6)5(2)8;/h3,6-7H,1-2,4,8H2;1H3/t6-,7?;/m1./s1. The Kier molecular flexibility index (Phi) is 2.46. The third-order valence-corrected chi connectivity index (χ3v) is 1.62. The van der Waals surface area contributed by atoms with Gasteiger partial charge in [-0.1, -0.05) is 12.7 Å². The van der Waals surface area contributed by atoms with Crippen molar-refractivity contribution < 1.29 is 0 Å². The molecule has 0 aromatic heterocycles. The number of allylic oxidation sites excluding steroid dienone is 2. The monoisotopic (exact) mass is 126 g/mol. The highest BCUT2D eigenvalue weighted by molar-refractivity contribution is 5.12. The van der Waals surface area contributed by atoms with E-state index in [0.29, 0.717) is 11.8 Å². The van der Waals surface area contributed by atoms with Crippen LogP contribution in [-0.4, -0.2) is 0 Å². The molecule has 0 saturated heterocycles. The molecular weight excluding hydrogens is 112 g/mol. The molecule has 2 nitrogen and oxygen atoms in total. The Bertz CT molecular complexity index is 129. The van der Waals surface area contributed by atoms with Gasteiger partial charge in [0.2, 0.25) is 0 Å². The van der Waals surface area contributed by atoms with E-state index >= 15 is 0 Å². The van der Waals surface area contributed by atoms with Gasteiger partial charge in [0.1, 0.15) is 0 Å². The van der Waals surface area contributed by atoms with Crippen LogP contribution in [0.1, 0.15) is 6.42 Å². The van der Waals surface area contributed by atoms with Gasteiger partial charge in [-0.05, 0) is 12.3 Å². The largest absolute Gasteiger partial charge is 0.402 e. The van der Waals surface area contributed by atoms with Crippen LogP contribution in [0, 0.1) is 11.8 Å². The minimum Gasteiger partial charge on any atom is -0.402 e.